The van der Waals surface area contributed by atoms with Gasteiger partial charge >= 0.3 is 11.9 Å². The van der Waals surface area contributed by atoms with E-state index in [-0.39, 0.29) is 37.0 Å². The quantitative estimate of drug-likeness (QED) is 0.501. The topological polar surface area (TPSA) is 114 Å². The lowest BCUT2D eigenvalue weighted by Crippen LogP contribution is -2.20. The molecule has 3 rings (SSSR count). The number of carbonyl (C=O) groups excluding carboxylic acids is 2. The standard InChI is InChI=1S/C21H20FN3O6/c1-3-29-20(27)16-10-24-19(31-16)18(21(28)30-4-2)13-5-7-15(23-9-13)12-25-11-14(22)6-8-17(25)26/h5-11,18H,3-4,12H2,1-2H3. The highest BCUT2D eigenvalue weighted by molar-refractivity contribution is 5.86. The normalized spacial score (nSPS) is 11.7. The van der Waals surface area contributed by atoms with Gasteiger partial charge in [0.1, 0.15) is 5.82 Å². The lowest BCUT2D eigenvalue weighted by atomic mass is 10.0. The molecule has 162 valence electrons. The predicted octanol–water partition coefficient (Wildman–Crippen LogP) is 2.29. The van der Waals surface area contributed by atoms with Gasteiger partial charge in [-0.3, -0.25) is 14.6 Å². The van der Waals surface area contributed by atoms with E-state index in [2.05, 4.69) is 9.97 Å². The number of esters is 2. The first kappa shape index (κ1) is 21.9. The molecule has 1 atom stereocenters. The van der Waals surface area contributed by atoms with Crippen molar-refractivity contribution in [3.63, 3.8) is 0 Å². The van der Waals surface area contributed by atoms with Gasteiger partial charge in [-0.15, -0.1) is 0 Å². The second-order valence-electron chi connectivity index (χ2n) is 6.36. The molecule has 0 amide bonds. The molecule has 0 bridgehead atoms. The van der Waals surface area contributed by atoms with Crippen LogP contribution in [0.3, 0.4) is 0 Å². The van der Waals surface area contributed by atoms with Gasteiger partial charge in [0.05, 0.1) is 31.6 Å². The number of aromatic nitrogens is 3. The molecule has 0 N–H and O–H groups in total. The fourth-order valence-electron chi connectivity index (χ4n) is 2.82. The monoisotopic (exact) mass is 429 g/mol. The van der Waals surface area contributed by atoms with Crippen LogP contribution in [0.4, 0.5) is 4.39 Å². The average molecular weight is 429 g/mol. The summed E-state index contributed by atoms with van der Waals surface area (Å²) in [6, 6.07) is 5.40. The first-order valence-corrected chi connectivity index (χ1v) is 9.53. The zero-order chi connectivity index (χ0) is 22.4. The van der Waals surface area contributed by atoms with E-state index in [0.29, 0.717) is 11.3 Å². The van der Waals surface area contributed by atoms with Crippen LogP contribution in [0.15, 0.2) is 52.1 Å². The molecule has 9 nitrogen and oxygen atoms in total. The van der Waals surface area contributed by atoms with Crippen molar-refractivity contribution in [3.8, 4) is 0 Å². The Labute approximate surface area is 176 Å². The van der Waals surface area contributed by atoms with E-state index in [0.717, 1.165) is 18.3 Å². The summed E-state index contributed by atoms with van der Waals surface area (Å²) in [5.74, 6) is -3.10. The van der Waals surface area contributed by atoms with Crippen LogP contribution < -0.4 is 5.56 Å². The van der Waals surface area contributed by atoms with Crippen LogP contribution in [0.25, 0.3) is 0 Å². The van der Waals surface area contributed by atoms with Crippen LogP contribution in [-0.2, 0) is 20.8 Å². The highest BCUT2D eigenvalue weighted by Crippen LogP contribution is 2.26. The van der Waals surface area contributed by atoms with Crippen molar-refractivity contribution in [2.45, 2.75) is 26.3 Å². The lowest BCUT2D eigenvalue weighted by molar-refractivity contribution is -0.144. The van der Waals surface area contributed by atoms with Gasteiger partial charge in [0, 0.05) is 18.5 Å². The largest absolute Gasteiger partial charge is 0.465 e. The number of ether oxygens (including phenoxy) is 2. The number of hydrogen-bond acceptors (Lipinski definition) is 8. The second kappa shape index (κ2) is 9.79. The van der Waals surface area contributed by atoms with E-state index >= 15 is 0 Å². The molecule has 1 unspecified atom stereocenters. The Bertz CT molecular complexity index is 1120. The Morgan fingerprint density at radius 2 is 1.87 bits per heavy atom. The Morgan fingerprint density at radius 3 is 2.55 bits per heavy atom. The van der Waals surface area contributed by atoms with Gasteiger partial charge in [-0.2, -0.15) is 0 Å². The summed E-state index contributed by atoms with van der Waals surface area (Å²) in [6.07, 6.45) is 3.68. The van der Waals surface area contributed by atoms with Gasteiger partial charge in [0.25, 0.3) is 5.56 Å². The molecule has 0 saturated carbocycles. The van der Waals surface area contributed by atoms with Gasteiger partial charge in [-0.1, -0.05) is 6.07 Å². The highest BCUT2D eigenvalue weighted by atomic mass is 19.1. The number of carbonyl (C=O) groups is 2. The van der Waals surface area contributed by atoms with Crippen LogP contribution >= 0.6 is 0 Å². The van der Waals surface area contributed by atoms with E-state index in [4.69, 9.17) is 13.9 Å². The minimum Gasteiger partial charge on any atom is -0.465 e. The summed E-state index contributed by atoms with van der Waals surface area (Å²) < 4.78 is 30.0. The van der Waals surface area contributed by atoms with E-state index in [9.17, 15) is 18.8 Å². The first-order valence-electron chi connectivity index (χ1n) is 9.53. The molecule has 0 aliphatic rings. The average Bonchev–Trinajstić information content (AvgIpc) is 3.22. The molecule has 0 saturated heterocycles. The molecule has 0 aliphatic carbocycles. The van der Waals surface area contributed by atoms with Gasteiger partial charge in [0.15, 0.2) is 5.92 Å². The molecule has 0 aliphatic heterocycles. The minimum absolute atomic E-state index is 0.0441. The number of hydrogen-bond donors (Lipinski definition) is 0. The van der Waals surface area contributed by atoms with Crippen LogP contribution in [-0.4, -0.2) is 39.7 Å². The van der Waals surface area contributed by atoms with Crippen LogP contribution in [0.5, 0.6) is 0 Å². The Balaban J connectivity index is 1.88. The van der Waals surface area contributed by atoms with Crippen molar-refractivity contribution in [1.82, 2.24) is 14.5 Å². The van der Waals surface area contributed by atoms with Crippen molar-refractivity contribution in [2.24, 2.45) is 0 Å². The number of halogens is 1. The summed E-state index contributed by atoms with van der Waals surface area (Å²) in [5, 5.41) is 0. The number of nitrogens with zero attached hydrogens (tertiary/aromatic N) is 3. The van der Waals surface area contributed by atoms with Crippen LogP contribution in [0, 0.1) is 5.82 Å². The Hall–Kier alpha value is -3.82. The molecule has 0 spiro atoms. The molecule has 0 radical (unpaired) electrons. The highest BCUT2D eigenvalue weighted by Gasteiger charge is 2.30. The smallest absolute Gasteiger partial charge is 0.375 e. The summed E-state index contributed by atoms with van der Waals surface area (Å²) >= 11 is 0. The molecule has 3 heterocycles. The molecule has 0 aromatic carbocycles. The molecule has 0 fully saturated rings. The van der Waals surface area contributed by atoms with Crippen molar-refractivity contribution in [3.05, 3.63) is 81.9 Å². The third-order valence-corrected chi connectivity index (χ3v) is 4.23. The van der Waals surface area contributed by atoms with Gasteiger partial charge < -0.3 is 18.5 Å². The number of pyridine rings is 2. The molecule has 31 heavy (non-hydrogen) atoms. The Morgan fingerprint density at radius 1 is 1.10 bits per heavy atom. The fourth-order valence-corrected chi connectivity index (χ4v) is 2.82. The zero-order valence-electron chi connectivity index (χ0n) is 16.9. The van der Waals surface area contributed by atoms with Crippen molar-refractivity contribution >= 4 is 11.9 Å². The minimum atomic E-state index is -1.05. The third kappa shape index (κ3) is 5.21. The lowest BCUT2D eigenvalue weighted by Gasteiger charge is -2.13. The van der Waals surface area contributed by atoms with Gasteiger partial charge in [0.2, 0.25) is 11.7 Å². The SMILES string of the molecule is CCOC(=O)c1cnc(C(C(=O)OCC)c2ccc(Cn3cc(F)ccc3=O)nc2)o1. The van der Waals surface area contributed by atoms with E-state index in [1.807, 2.05) is 0 Å². The van der Waals surface area contributed by atoms with Crippen molar-refractivity contribution < 1.29 is 27.9 Å². The van der Waals surface area contributed by atoms with Gasteiger partial charge in [-0.05, 0) is 31.5 Å². The maximum Gasteiger partial charge on any atom is 0.375 e. The zero-order valence-corrected chi connectivity index (χ0v) is 16.9. The van der Waals surface area contributed by atoms with E-state index in [1.165, 1.54) is 17.0 Å². The number of oxazole rings is 1. The second-order valence-corrected chi connectivity index (χ2v) is 6.36. The van der Waals surface area contributed by atoms with E-state index < -0.39 is 23.7 Å². The molecular formula is C21H20FN3O6. The first-order chi connectivity index (χ1) is 14.9. The summed E-state index contributed by atoms with van der Waals surface area (Å²) in [5.41, 5.74) is 0.507. The fraction of sp³-hybridized carbons (Fsp3) is 0.286. The van der Waals surface area contributed by atoms with Crippen LogP contribution in [0.1, 0.15) is 47.5 Å². The molecular weight excluding hydrogens is 409 g/mol. The van der Waals surface area contributed by atoms with Crippen LogP contribution in [0.2, 0.25) is 0 Å². The number of rotatable bonds is 8. The summed E-state index contributed by atoms with van der Waals surface area (Å²) in [7, 11) is 0. The third-order valence-electron chi connectivity index (χ3n) is 4.23. The van der Waals surface area contributed by atoms with Crippen molar-refractivity contribution in [1.29, 1.82) is 0 Å². The molecule has 3 aromatic rings. The van der Waals surface area contributed by atoms with E-state index in [1.54, 1.807) is 26.0 Å². The maximum atomic E-state index is 13.4. The summed E-state index contributed by atoms with van der Waals surface area (Å²) in [4.78, 5) is 44.5. The van der Waals surface area contributed by atoms with Crippen molar-refractivity contribution in [2.75, 3.05) is 13.2 Å². The maximum absolute atomic E-state index is 13.4. The molecule has 10 heteroatoms. The summed E-state index contributed by atoms with van der Waals surface area (Å²) in [6.45, 7) is 3.66. The Kier molecular flexibility index (Phi) is 6.91. The predicted molar refractivity (Wildman–Crippen MR) is 105 cm³/mol. The van der Waals surface area contributed by atoms with Gasteiger partial charge in [-0.25, -0.2) is 14.2 Å². The molecule has 3 aromatic heterocycles.